The number of hydrogen-bond donors (Lipinski definition) is 2. The summed E-state index contributed by atoms with van der Waals surface area (Å²) in [5.74, 6) is 0.143. The fourth-order valence-corrected chi connectivity index (χ4v) is 3.14. The van der Waals surface area contributed by atoms with Crippen molar-refractivity contribution >= 4 is 5.91 Å². The Balaban J connectivity index is 2.05. The molecule has 104 valence electrons. The van der Waals surface area contributed by atoms with E-state index in [9.17, 15) is 4.79 Å². The van der Waals surface area contributed by atoms with Crippen LogP contribution in [0.25, 0.3) is 0 Å². The van der Waals surface area contributed by atoms with Crippen LogP contribution < -0.4 is 11.1 Å². The van der Waals surface area contributed by atoms with Crippen LogP contribution in [0.2, 0.25) is 0 Å². The SMILES string of the molecule is CC1OCCC1(C)NC(=O)C1(CN)CCCCC1. The van der Waals surface area contributed by atoms with Gasteiger partial charge in [0, 0.05) is 13.2 Å². The zero-order valence-corrected chi connectivity index (χ0v) is 11.6. The molecule has 1 amide bonds. The van der Waals surface area contributed by atoms with E-state index in [1.165, 1.54) is 6.42 Å². The summed E-state index contributed by atoms with van der Waals surface area (Å²) < 4.78 is 5.58. The number of carbonyl (C=O) groups excluding carboxylic acids is 1. The molecule has 0 spiro atoms. The maximum atomic E-state index is 12.6. The Morgan fingerprint density at radius 1 is 1.33 bits per heavy atom. The van der Waals surface area contributed by atoms with Crippen LogP contribution >= 0.6 is 0 Å². The molecule has 0 aromatic heterocycles. The summed E-state index contributed by atoms with van der Waals surface area (Å²) in [7, 11) is 0. The van der Waals surface area contributed by atoms with E-state index >= 15 is 0 Å². The Morgan fingerprint density at radius 3 is 2.50 bits per heavy atom. The standard InChI is InChI=1S/C14H26N2O2/c1-11-13(2,8-9-18-11)16-12(17)14(10-15)6-4-3-5-7-14/h11H,3-10,15H2,1-2H3,(H,16,17). The fourth-order valence-electron chi connectivity index (χ4n) is 3.14. The Morgan fingerprint density at radius 2 is 2.00 bits per heavy atom. The Hall–Kier alpha value is -0.610. The van der Waals surface area contributed by atoms with E-state index in [4.69, 9.17) is 10.5 Å². The minimum Gasteiger partial charge on any atom is -0.376 e. The molecule has 3 N–H and O–H groups in total. The van der Waals surface area contributed by atoms with Crippen molar-refractivity contribution in [3.63, 3.8) is 0 Å². The molecule has 0 aromatic rings. The van der Waals surface area contributed by atoms with Crippen molar-refractivity contribution in [3.8, 4) is 0 Å². The van der Waals surface area contributed by atoms with Crippen LogP contribution in [0.4, 0.5) is 0 Å². The first-order valence-corrected chi connectivity index (χ1v) is 7.17. The second-order valence-corrected chi connectivity index (χ2v) is 6.18. The Bertz CT molecular complexity index is 313. The van der Waals surface area contributed by atoms with Crippen molar-refractivity contribution in [2.45, 2.75) is 64.0 Å². The highest BCUT2D eigenvalue weighted by Gasteiger charge is 2.44. The summed E-state index contributed by atoms with van der Waals surface area (Å²) in [5, 5.41) is 3.22. The van der Waals surface area contributed by atoms with Crippen molar-refractivity contribution in [2.24, 2.45) is 11.1 Å². The van der Waals surface area contributed by atoms with Crippen molar-refractivity contribution in [1.29, 1.82) is 0 Å². The highest BCUT2D eigenvalue weighted by atomic mass is 16.5. The predicted molar refractivity (Wildman–Crippen MR) is 71.2 cm³/mol. The van der Waals surface area contributed by atoms with E-state index < -0.39 is 0 Å². The van der Waals surface area contributed by atoms with Gasteiger partial charge in [0.2, 0.25) is 5.91 Å². The van der Waals surface area contributed by atoms with E-state index in [0.717, 1.165) is 38.7 Å². The van der Waals surface area contributed by atoms with Gasteiger partial charge in [-0.1, -0.05) is 19.3 Å². The normalized spacial score (nSPS) is 35.4. The van der Waals surface area contributed by atoms with Gasteiger partial charge in [-0.15, -0.1) is 0 Å². The molecule has 2 unspecified atom stereocenters. The first kappa shape index (κ1) is 13.8. The van der Waals surface area contributed by atoms with Crippen molar-refractivity contribution < 1.29 is 9.53 Å². The van der Waals surface area contributed by atoms with Gasteiger partial charge in [0.25, 0.3) is 0 Å². The van der Waals surface area contributed by atoms with Gasteiger partial charge in [-0.2, -0.15) is 0 Å². The molecule has 4 nitrogen and oxygen atoms in total. The molecule has 2 rings (SSSR count). The molecule has 1 aliphatic carbocycles. The molecule has 2 fully saturated rings. The fraction of sp³-hybridized carbons (Fsp3) is 0.929. The van der Waals surface area contributed by atoms with E-state index in [1.807, 2.05) is 6.92 Å². The van der Waals surface area contributed by atoms with Gasteiger partial charge in [-0.05, 0) is 33.1 Å². The highest BCUT2D eigenvalue weighted by molar-refractivity contribution is 5.83. The molecular formula is C14H26N2O2. The molecule has 1 saturated carbocycles. The van der Waals surface area contributed by atoms with Gasteiger partial charge >= 0.3 is 0 Å². The van der Waals surface area contributed by atoms with Crippen LogP contribution in [0.15, 0.2) is 0 Å². The molecule has 0 aromatic carbocycles. The third-order valence-corrected chi connectivity index (χ3v) is 4.97. The van der Waals surface area contributed by atoms with Crippen LogP contribution in [0.5, 0.6) is 0 Å². The quantitative estimate of drug-likeness (QED) is 0.803. The lowest BCUT2D eigenvalue weighted by molar-refractivity contribution is -0.135. The lowest BCUT2D eigenvalue weighted by Crippen LogP contribution is -2.57. The minimum atomic E-state index is -0.330. The van der Waals surface area contributed by atoms with Crippen molar-refractivity contribution in [3.05, 3.63) is 0 Å². The van der Waals surface area contributed by atoms with Crippen LogP contribution in [-0.4, -0.2) is 30.7 Å². The molecule has 2 aliphatic rings. The van der Waals surface area contributed by atoms with Gasteiger partial charge in [0.05, 0.1) is 17.1 Å². The smallest absolute Gasteiger partial charge is 0.228 e. The summed E-state index contributed by atoms with van der Waals surface area (Å²) in [6.45, 7) is 5.30. The summed E-state index contributed by atoms with van der Waals surface area (Å²) in [6, 6.07) is 0. The molecule has 18 heavy (non-hydrogen) atoms. The molecular weight excluding hydrogens is 228 g/mol. The average Bonchev–Trinajstić information content (AvgIpc) is 2.70. The van der Waals surface area contributed by atoms with Crippen LogP contribution in [-0.2, 0) is 9.53 Å². The van der Waals surface area contributed by atoms with Crippen molar-refractivity contribution in [1.82, 2.24) is 5.32 Å². The zero-order valence-electron chi connectivity index (χ0n) is 11.6. The van der Waals surface area contributed by atoms with Crippen LogP contribution in [0.3, 0.4) is 0 Å². The number of amides is 1. The number of hydrogen-bond acceptors (Lipinski definition) is 3. The lowest BCUT2D eigenvalue weighted by atomic mass is 9.72. The monoisotopic (exact) mass is 254 g/mol. The third-order valence-electron chi connectivity index (χ3n) is 4.97. The zero-order chi connectivity index (χ0) is 13.2. The number of rotatable bonds is 3. The highest BCUT2D eigenvalue weighted by Crippen LogP contribution is 2.37. The second-order valence-electron chi connectivity index (χ2n) is 6.18. The average molecular weight is 254 g/mol. The summed E-state index contributed by atoms with van der Waals surface area (Å²) in [6.07, 6.45) is 6.30. The maximum Gasteiger partial charge on any atom is 0.228 e. The molecule has 0 radical (unpaired) electrons. The van der Waals surface area contributed by atoms with Gasteiger partial charge in [0.1, 0.15) is 0 Å². The Kier molecular flexibility index (Phi) is 3.97. The maximum absolute atomic E-state index is 12.6. The molecule has 0 bridgehead atoms. The van der Waals surface area contributed by atoms with Crippen molar-refractivity contribution in [2.75, 3.05) is 13.2 Å². The third kappa shape index (κ3) is 2.41. The first-order valence-electron chi connectivity index (χ1n) is 7.17. The molecule has 1 aliphatic heterocycles. The van der Waals surface area contributed by atoms with Gasteiger partial charge in [0.15, 0.2) is 0 Å². The molecule has 1 heterocycles. The Labute approximate surface area is 110 Å². The largest absolute Gasteiger partial charge is 0.376 e. The van der Waals surface area contributed by atoms with Crippen LogP contribution in [0, 0.1) is 5.41 Å². The summed E-state index contributed by atoms with van der Waals surface area (Å²) in [5.41, 5.74) is 5.34. The molecule has 2 atom stereocenters. The summed E-state index contributed by atoms with van der Waals surface area (Å²) >= 11 is 0. The van der Waals surface area contributed by atoms with Crippen LogP contribution in [0.1, 0.15) is 52.4 Å². The minimum absolute atomic E-state index is 0.0832. The van der Waals surface area contributed by atoms with Gasteiger partial charge in [-0.3, -0.25) is 4.79 Å². The van der Waals surface area contributed by atoms with E-state index in [0.29, 0.717) is 6.54 Å². The number of nitrogens with two attached hydrogens (primary N) is 1. The molecule has 1 saturated heterocycles. The lowest BCUT2D eigenvalue weighted by Gasteiger charge is -2.39. The predicted octanol–water partition coefficient (Wildman–Crippen LogP) is 1.58. The second kappa shape index (κ2) is 5.17. The number of carbonyl (C=O) groups is 1. The van der Waals surface area contributed by atoms with Gasteiger partial charge < -0.3 is 15.8 Å². The van der Waals surface area contributed by atoms with E-state index in [-0.39, 0.29) is 23.0 Å². The first-order chi connectivity index (χ1) is 8.52. The topological polar surface area (TPSA) is 64.3 Å². The van der Waals surface area contributed by atoms with Gasteiger partial charge in [-0.25, -0.2) is 0 Å². The van der Waals surface area contributed by atoms with E-state index in [2.05, 4.69) is 12.2 Å². The summed E-state index contributed by atoms with van der Waals surface area (Å²) in [4.78, 5) is 12.6. The van der Waals surface area contributed by atoms with E-state index in [1.54, 1.807) is 0 Å². The number of nitrogens with one attached hydrogen (secondary N) is 1. The number of ether oxygens (including phenoxy) is 1. The molecule has 4 heteroatoms.